The number of amides is 2. The van der Waals surface area contributed by atoms with E-state index in [0.29, 0.717) is 5.56 Å². The van der Waals surface area contributed by atoms with Crippen LogP contribution in [-0.2, 0) is 23.9 Å². The Labute approximate surface area is 184 Å². The van der Waals surface area contributed by atoms with Gasteiger partial charge in [-0.3, -0.25) is 14.5 Å². The molecule has 1 aromatic carbocycles. The largest absolute Gasteiger partial charge is 0.480 e. The van der Waals surface area contributed by atoms with E-state index in [2.05, 4.69) is 4.74 Å². The van der Waals surface area contributed by atoms with Gasteiger partial charge in [-0.15, -0.1) is 11.8 Å². The molecular formula is C21H25N3O6S. The first-order chi connectivity index (χ1) is 14.5. The number of hydrogen-bond acceptors (Lipinski definition) is 7. The molecule has 2 aliphatic rings. The molecule has 10 heteroatoms. The van der Waals surface area contributed by atoms with E-state index in [0.717, 1.165) is 6.08 Å². The third-order valence-electron chi connectivity index (χ3n) is 5.50. The van der Waals surface area contributed by atoms with Crippen molar-refractivity contribution in [3.63, 3.8) is 0 Å². The fraction of sp³-hybridized carbons (Fsp3) is 0.429. The summed E-state index contributed by atoms with van der Waals surface area (Å²) in [6.07, 6.45) is 1.12. The van der Waals surface area contributed by atoms with E-state index in [-0.39, 0.29) is 5.70 Å². The van der Waals surface area contributed by atoms with Crippen LogP contribution < -0.4 is 5.73 Å². The third kappa shape index (κ3) is 3.92. The van der Waals surface area contributed by atoms with Crippen LogP contribution in [0.15, 0.2) is 42.1 Å². The Hall–Kier alpha value is -2.85. The summed E-state index contributed by atoms with van der Waals surface area (Å²) in [7, 11) is 1.21. The number of nitrogens with zero attached hydrogens (tertiary/aromatic N) is 2. The number of benzene rings is 1. The number of esters is 1. The van der Waals surface area contributed by atoms with Crippen LogP contribution in [0.2, 0.25) is 0 Å². The van der Waals surface area contributed by atoms with E-state index in [1.807, 2.05) is 0 Å². The second-order valence-corrected chi connectivity index (χ2v) is 9.72. The molecule has 2 saturated heterocycles. The van der Waals surface area contributed by atoms with E-state index in [1.165, 1.54) is 35.6 Å². The third-order valence-corrected chi connectivity index (χ3v) is 7.05. The minimum atomic E-state index is -1.10. The smallest absolute Gasteiger partial charge is 0.332 e. The first-order valence-electron chi connectivity index (χ1n) is 9.64. The van der Waals surface area contributed by atoms with Gasteiger partial charge >= 0.3 is 11.9 Å². The fourth-order valence-corrected chi connectivity index (χ4v) is 5.68. The molecule has 2 amide bonds. The van der Waals surface area contributed by atoms with Crippen molar-refractivity contribution in [1.29, 1.82) is 0 Å². The minimum Gasteiger partial charge on any atom is -0.480 e. The van der Waals surface area contributed by atoms with Gasteiger partial charge in [-0.1, -0.05) is 30.3 Å². The summed E-state index contributed by atoms with van der Waals surface area (Å²) >= 11 is 1.31. The molecule has 166 valence electrons. The summed E-state index contributed by atoms with van der Waals surface area (Å²) in [6.45, 7) is 5.01. The number of rotatable bonds is 6. The number of carboxylic acids is 1. The molecule has 0 saturated carbocycles. The maximum absolute atomic E-state index is 13.4. The molecule has 4 atom stereocenters. The van der Waals surface area contributed by atoms with Crippen molar-refractivity contribution in [3.8, 4) is 0 Å². The van der Waals surface area contributed by atoms with E-state index < -0.39 is 52.0 Å². The molecule has 31 heavy (non-hydrogen) atoms. The average Bonchev–Trinajstić information content (AvgIpc) is 2.98. The summed E-state index contributed by atoms with van der Waals surface area (Å²) < 4.78 is 3.91. The van der Waals surface area contributed by atoms with Crippen molar-refractivity contribution in [2.24, 2.45) is 5.73 Å². The van der Waals surface area contributed by atoms with Crippen molar-refractivity contribution >= 4 is 35.5 Å². The lowest BCUT2D eigenvalue weighted by Gasteiger charge is -2.48. The number of nitrogens with two attached hydrogens (primary N) is 1. The summed E-state index contributed by atoms with van der Waals surface area (Å²) in [5, 5.41) is 9.07. The van der Waals surface area contributed by atoms with Gasteiger partial charge in [-0.25, -0.2) is 9.59 Å². The quantitative estimate of drug-likeness (QED) is 0.377. The number of carbonyl (C=O) groups excluding carboxylic acids is 3. The van der Waals surface area contributed by atoms with Crippen LogP contribution in [0, 0.1) is 0 Å². The highest BCUT2D eigenvalue weighted by Gasteiger charge is 2.66. The molecule has 0 aromatic heterocycles. The number of fused-ring (bicyclic) bond motifs is 1. The molecule has 2 fully saturated rings. The normalized spacial score (nSPS) is 25.3. The van der Waals surface area contributed by atoms with E-state index in [1.54, 1.807) is 44.2 Å². The molecule has 2 aliphatic heterocycles. The van der Waals surface area contributed by atoms with Crippen molar-refractivity contribution in [2.75, 3.05) is 7.11 Å². The molecule has 3 rings (SSSR count). The maximum atomic E-state index is 13.4. The topological polar surface area (TPSA) is 130 Å². The lowest BCUT2D eigenvalue weighted by molar-refractivity contribution is -0.167. The van der Waals surface area contributed by atoms with Crippen LogP contribution in [-0.4, -0.2) is 68.0 Å². The van der Waals surface area contributed by atoms with Crippen molar-refractivity contribution in [3.05, 3.63) is 47.7 Å². The molecule has 0 spiro atoms. The Kier molecular flexibility index (Phi) is 6.15. The van der Waals surface area contributed by atoms with Gasteiger partial charge in [-0.05, 0) is 26.3 Å². The molecule has 0 radical (unpaired) electrons. The van der Waals surface area contributed by atoms with Gasteiger partial charge in [0.05, 0.1) is 7.11 Å². The summed E-state index contributed by atoms with van der Waals surface area (Å²) in [5.74, 6) is -2.86. The van der Waals surface area contributed by atoms with Crippen LogP contribution in [0.1, 0.15) is 32.4 Å². The van der Waals surface area contributed by atoms with Crippen LogP contribution in [0.5, 0.6) is 0 Å². The minimum absolute atomic E-state index is 0.193. The van der Waals surface area contributed by atoms with E-state index in [4.69, 9.17) is 5.73 Å². The van der Waals surface area contributed by atoms with Crippen molar-refractivity contribution in [2.45, 2.75) is 49.0 Å². The highest BCUT2D eigenvalue weighted by molar-refractivity contribution is 8.01. The molecule has 9 nitrogen and oxygen atoms in total. The molecule has 3 N–H and O–H groups in total. The first-order valence-corrected chi connectivity index (χ1v) is 10.5. The van der Waals surface area contributed by atoms with Gasteiger partial charge in [0.1, 0.15) is 23.5 Å². The highest BCUT2D eigenvalue weighted by atomic mass is 32.2. The Bertz CT molecular complexity index is 948. The lowest BCUT2D eigenvalue weighted by atomic mass is 9.94. The number of carbonyl (C=O) groups is 4. The van der Waals surface area contributed by atoms with Crippen LogP contribution in [0.3, 0.4) is 0 Å². The van der Waals surface area contributed by atoms with Gasteiger partial charge in [0.2, 0.25) is 5.91 Å². The Balaban J connectivity index is 1.99. The van der Waals surface area contributed by atoms with Gasteiger partial charge in [0.15, 0.2) is 0 Å². The Morgan fingerprint density at radius 1 is 1.29 bits per heavy atom. The fourth-order valence-electron chi connectivity index (χ4n) is 4.01. The molecule has 1 aromatic rings. The zero-order chi connectivity index (χ0) is 23.1. The zero-order valence-corrected chi connectivity index (χ0v) is 18.5. The standard InChI is InChI=1S/C21H25N3O6S/c1-11(10-13(25)30-4)23(17(26)14(22)12-8-6-5-7-9-12)15-18(27)24-16(20(28)29)21(2,3)31-19(15)24/h5-10,14-16,19H,22H2,1-4H3,(H,28,29)/t14?,15-,16+,19-/m1/s1. The summed E-state index contributed by atoms with van der Waals surface area (Å²) in [5.41, 5.74) is 6.95. The molecule has 0 bridgehead atoms. The van der Waals surface area contributed by atoms with Crippen LogP contribution in [0.4, 0.5) is 0 Å². The van der Waals surface area contributed by atoms with Crippen molar-refractivity contribution in [1.82, 2.24) is 9.80 Å². The Morgan fingerprint density at radius 2 is 1.90 bits per heavy atom. The van der Waals surface area contributed by atoms with Crippen molar-refractivity contribution < 1.29 is 29.0 Å². The maximum Gasteiger partial charge on any atom is 0.332 e. The summed E-state index contributed by atoms with van der Waals surface area (Å²) in [4.78, 5) is 52.6. The zero-order valence-electron chi connectivity index (χ0n) is 17.6. The summed E-state index contributed by atoms with van der Waals surface area (Å²) in [6, 6.07) is 5.61. The van der Waals surface area contributed by atoms with E-state index >= 15 is 0 Å². The number of carboxylic acid groups (broad SMARTS) is 1. The number of allylic oxidation sites excluding steroid dienone is 1. The van der Waals surface area contributed by atoms with Gasteiger partial charge in [-0.2, -0.15) is 0 Å². The number of thioether (sulfide) groups is 1. The average molecular weight is 448 g/mol. The lowest BCUT2D eigenvalue weighted by Crippen LogP contribution is -2.71. The molecule has 0 aliphatic carbocycles. The predicted molar refractivity (Wildman–Crippen MR) is 114 cm³/mol. The van der Waals surface area contributed by atoms with Crippen LogP contribution >= 0.6 is 11.8 Å². The van der Waals surface area contributed by atoms with Gasteiger partial charge < -0.3 is 20.5 Å². The monoisotopic (exact) mass is 447 g/mol. The highest BCUT2D eigenvalue weighted by Crippen LogP contribution is 2.52. The molecular weight excluding hydrogens is 422 g/mol. The second kappa shape index (κ2) is 8.35. The number of aliphatic carboxylic acids is 1. The van der Waals surface area contributed by atoms with Crippen LogP contribution in [0.25, 0.3) is 0 Å². The molecule has 1 unspecified atom stereocenters. The number of ether oxygens (including phenoxy) is 1. The first kappa shape index (κ1) is 22.8. The number of β-lactam (4-membered cyclic amide) rings is 1. The second-order valence-electron chi connectivity index (χ2n) is 7.95. The van der Waals surface area contributed by atoms with E-state index in [9.17, 15) is 24.3 Å². The molecule has 2 heterocycles. The Morgan fingerprint density at radius 3 is 2.45 bits per heavy atom. The van der Waals surface area contributed by atoms with Gasteiger partial charge in [0.25, 0.3) is 5.91 Å². The number of methoxy groups -OCH3 is 1. The van der Waals surface area contributed by atoms with Gasteiger partial charge in [0, 0.05) is 16.5 Å². The predicted octanol–water partition coefficient (Wildman–Crippen LogP) is 1.11. The number of hydrogen-bond donors (Lipinski definition) is 2. The SMILES string of the molecule is COC(=O)C=C(C)N(C(=O)C(N)c1ccccc1)[C@@H]1C(=O)N2[C@@H]1SC(C)(C)[C@@H]2C(=O)O.